The number of aryl methyl sites for hydroxylation is 1. The number of thiol groups is 1. The van der Waals surface area contributed by atoms with Crippen molar-refractivity contribution >= 4 is 29.3 Å². The van der Waals surface area contributed by atoms with E-state index in [-0.39, 0.29) is 5.56 Å². The smallest absolute Gasteiger partial charge is 0.262 e. The molecule has 8 heteroatoms. The number of nitrogens with zero attached hydrogens (tertiary/aromatic N) is 5. The van der Waals surface area contributed by atoms with Gasteiger partial charge in [-0.3, -0.25) is 4.79 Å². The van der Waals surface area contributed by atoms with Crippen molar-refractivity contribution < 1.29 is 4.74 Å². The van der Waals surface area contributed by atoms with E-state index in [1.165, 1.54) is 0 Å². The Morgan fingerprint density at radius 3 is 2.61 bits per heavy atom. The summed E-state index contributed by atoms with van der Waals surface area (Å²) in [6, 6.07) is 17.1. The molecule has 0 N–H and O–H groups in total. The quantitative estimate of drug-likeness (QED) is 0.441. The lowest BCUT2D eigenvalue weighted by atomic mass is 10.1. The van der Waals surface area contributed by atoms with Crippen LogP contribution in [0, 0.1) is 6.92 Å². The lowest BCUT2D eigenvalue weighted by Crippen LogP contribution is -2.22. The molecule has 0 aliphatic carbocycles. The molecule has 7 nitrogen and oxygen atoms in total. The molecular weight excluding hydrogens is 410 g/mol. The number of hydrogen-bond donors (Lipinski definition) is 1. The van der Waals surface area contributed by atoms with Gasteiger partial charge in [0.2, 0.25) is 0 Å². The molecule has 0 amide bonds. The molecule has 154 valence electrons. The SMILES string of the molecule is COc1ccccc1-c1c2c(=O)n(Cc3ccccc3S)ccc2nc2nc(C)nn12. The summed E-state index contributed by atoms with van der Waals surface area (Å²) in [5.74, 6) is 1.65. The molecule has 0 bridgehead atoms. The molecular formula is C23H19N5O2S. The monoisotopic (exact) mass is 429 g/mol. The van der Waals surface area contributed by atoms with Gasteiger partial charge in [0.25, 0.3) is 11.3 Å². The van der Waals surface area contributed by atoms with E-state index in [2.05, 4.69) is 27.7 Å². The van der Waals surface area contributed by atoms with E-state index in [0.29, 0.717) is 40.5 Å². The number of benzene rings is 2. The summed E-state index contributed by atoms with van der Waals surface area (Å²) in [6.07, 6.45) is 1.75. The van der Waals surface area contributed by atoms with Crippen LogP contribution < -0.4 is 10.3 Å². The maximum atomic E-state index is 13.7. The van der Waals surface area contributed by atoms with Crippen molar-refractivity contribution in [1.29, 1.82) is 0 Å². The second-order valence-corrected chi connectivity index (χ2v) is 7.65. The minimum atomic E-state index is -0.169. The zero-order chi connectivity index (χ0) is 21.5. The lowest BCUT2D eigenvalue weighted by Gasteiger charge is -2.14. The summed E-state index contributed by atoms with van der Waals surface area (Å²) < 4.78 is 8.86. The highest BCUT2D eigenvalue weighted by Gasteiger charge is 2.20. The van der Waals surface area contributed by atoms with E-state index in [4.69, 9.17) is 4.74 Å². The van der Waals surface area contributed by atoms with Crippen molar-refractivity contribution in [3.05, 3.63) is 82.5 Å². The number of methoxy groups -OCH3 is 1. The van der Waals surface area contributed by atoms with Crippen LogP contribution in [0.2, 0.25) is 0 Å². The molecule has 31 heavy (non-hydrogen) atoms. The second-order valence-electron chi connectivity index (χ2n) is 7.17. The fourth-order valence-corrected chi connectivity index (χ4v) is 3.99. The van der Waals surface area contributed by atoms with Gasteiger partial charge >= 0.3 is 0 Å². The van der Waals surface area contributed by atoms with E-state index in [9.17, 15) is 4.79 Å². The largest absolute Gasteiger partial charge is 0.496 e. The van der Waals surface area contributed by atoms with Gasteiger partial charge in [0.15, 0.2) is 0 Å². The van der Waals surface area contributed by atoms with Crippen molar-refractivity contribution in [2.75, 3.05) is 7.11 Å². The molecule has 0 saturated carbocycles. The average molecular weight is 430 g/mol. The highest BCUT2D eigenvalue weighted by Crippen LogP contribution is 2.33. The number of hydrogen-bond acceptors (Lipinski definition) is 6. The topological polar surface area (TPSA) is 74.3 Å². The van der Waals surface area contributed by atoms with Crippen LogP contribution in [0.25, 0.3) is 27.9 Å². The predicted molar refractivity (Wildman–Crippen MR) is 122 cm³/mol. The Labute approximate surface area is 183 Å². The van der Waals surface area contributed by atoms with Crippen LogP contribution in [-0.4, -0.2) is 31.3 Å². The summed E-state index contributed by atoms with van der Waals surface area (Å²) in [5, 5.41) is 4.97. The fraction of sp³-hybridized carbons (Fsp3) is 0.130. The highest BCUT2D eigenvalue weighted by atomic mass is 32.1. The molecule has 0 atom stereocenters. The molecule has 0 radical (unpaired) electrons. The normalized spacial score (nSPS) is 11.3. The van der Waals surface area contributed by atoms with Gasteiger partial charge in [0.05, 0.1) is 30.3 Å². The average Bonchev–Trinajstić information content (AvgIpc) is 3.15. The Morgan fingerprint density at radius 1 is 1.03 bits per heavy atom. The Balaban J connectivity index is 1.85. The first kappa shape index (κ1) is 19.3. The Hall–Kier alpha value is -3.65. The molecule has 0 spiro atoms. The maximum absolute atomic E-state index is 13.7. The molecule has 0 unspecified atom stereocenters. The molecule has 0 fully saturated rings. The minimum absolute atomic E-state index is 0.169. The molecule has 2 aromatic carbocycles. The first-order valence-corrected chi connectivity index (χ1v) is 10.2. The van der Waals surface area contributed by atoms with E-state index in [0.717, 1.165) is 16.0 Å². The summed E-state index contributed by atoms with van der Waals surface area (Å²) >= 11 is 4.52. The number of aromatic nitrogens is 5. The van der Waals surface area contributed by atoms with Crippen molar-refractivity contribution in [3.8, 4) is 17.0 Å². The van der Waals surface area contributed by atoms with Crippen molar-refractivity contribution in [3.63, 3.8) is 0 Å². The van der Waals surface area contributed by atoms with Gasteiger partial charge in [-0.2, -0.15) is 9.50 Å². The molecule has 3 heterocycles. The number of ether oxygens (including phenoxy) is 1. The van der Waals surface area contributed by atoms with Crippen molar-refractivity contribution in [2.24, 2.45) is 0 Å². The summed E-state index contributed by atoms with van der Waals surface area (Å²) in [5.41, 5.74) is 2.70. The van der Waals surface area contributed by atoms with Gasteiger partial charge in [-0.15, -0.1) is 17.7 Å². The van der Waals surface area contributed by atoms with Crippen LogP contribution in [0.1, 0.15) is 11.4 Å². The fourth-order valence-electron chi connectivity index (χ4n) is 3.76. The summed E-state index contributed by atoms with van der Waals surface area (Å²) in [6.45, 7) is 2.20. The Morgan fingerprint density at radius 2 is 1.81 bits per heavy atom. The van der Waals surface area contributed by atoms with Crippen molar-refractivity contribution in [1.82, 2.24) is 24.1 Å². The third-order valence-electron chi connectivity index (χ3n) is 5.20. The number of rotatable bonds is 4. The molecule has 3 aromatic heterocycles. The molecule has 5 aromatic rings. The van der Waals surface area contributed by atoms with E-state index < -0.39 is 0 Å². The predicted octanol–water partition coefficient (Wildman–Crippen LogP) is 3.76. The number of fused-ring (bicyclic) bond motifs is 2. The lowest BCUT2D eigenvalue weighted by molar-refractivity contribution is 0.416. The first-order chi connectivity index (χ1) is 15.1. The highest BCUT2D eigenvalue weighted by molar-refractivity contribution is 7.80. The molecule has 0 saturated heterocycles. The van der Waals surface area contributed by atoms with Crippen LogP contribution in [-0.2, 0) is 6.54 Å². The van der Waals surface area contributed by atoms with Gasteiger partial charge in [-0.1, -0.05) is 30.3 Å². The van der Waals surface area contributed by atoms with Crippen LogP contribution in [0.3, 0.4) is 0 Å². The second kappa shape index (κ2) is 7.55. The third kappa shape index (κ3) is 3.25. The maximum Gasteiger partial charge on any atom is 0.262 e. The third-order valence-corrected chi connectivity index (χ3v) is 5.64. The Bertz CT molecular complexity index is 1510. The van der Waals surface area contributed by atoms with Crippen LogP contribution in [0.4, 0.5) is 0 Å². The zero-order valence-electron chi connectivity index (χ0n) is 17.0. The van der Waals surface area contributed by atoms with Gasteiger partial charge in [-0.25, -0.2) is 4.98 Å². The van der Waals surface area contributed by atoms with Crippen LogP contribution >= 0.6 is 12.6 Å². The zero-order valence-corrected chi connectivity index (χ0v) is 17.9. The van der Waals surface area contributed by atoms with Gasteiger partial charge in [-0.05, 0) is 36.8 Å². The summed E-state index contributed by atoms with van der Waals surface area (Å²) in [4.78, 5) is 23.5. The van der Waals surface area contributed by atoms with Gasteiger partial charge in [0.1, 0.15) is 11.6 Å². The number of para-hydroxylation sites is 1. The van der Waals surface area contributed by atoms with Crippen LogP contribution in [0.5, 0.6) is 5.75 Å². The molecule has 5 rings (SSSR count). The Kier molecular flexibility index (Phi) is 4.71. The minimum Gasteiger partial charge on any atom is -0.496 e. The molecule has 0 aliphatic heterocycles. The van der Waals surface area contributed by atoms with Crippen LogP contribution in [0.15, 0.2) is 70.5 Å². The number of pyridine rings is 1. The standard InChI is InChI=1S/C23H19N5O2S/c1-14-24-23-25-17-11-12-27(13-15-7-3-6-10-19(15)31)22(29)20(17)21(28(23)26-14)16-8-4-5-9-18(16)30-2/h3-12,31H,13H2,1-2H3. The van der Waals surface area contributed by atoms with Gasteiger partial charge < -0.3 is 9.30 Å². The van der Waals surface area contributed by atoms with E-state index >= 15 is 0 Å². The van der Waals surface area contributed by atoms with Gasteiger partial charge in [0, 0.05) is 16.7 Å². The summed E-state index contributed by atoms with van der Waals surface area (Å²) in [7, 11) is 1.61. The van der Waals surface area contributed by atoms with E-state index in [1.54, 1.807) is 29.3 Å². The van der Waals surface area contributed by atoms with Crippen molar-refractivity contribution in [2.45, 2.75) is 18.4 Å². The molecule has 0 aliphatic rings. The first-order valence-electron chi connectivity index (χ1n) is 9.73. The van der Waals surface area contributed by atoms with E-state index in [1.807, 2.05) is 54.6 Å².